The molecule has 0 unspecified atom stereocenters. The molecule has 0 fully saturated rings. The molecule has 0 bridgehead atoms. The molecule has 0 aliphatic carbocycles. The van der Waals surface area contributed by atoms with E-state index in [1.807, 2.05) is 60.7 Å². The van der Waals surface area contributed by atoms with E-state index in [2.05, 4.69) is 12.6 Å². The Morgan fingerprint density at radius 2 is 1.80 bits per heavy atom. The molecular weight excluding hydrogens is 246 g/mol. The van der Waals surface area contributed by atoms with Gasteiger partial charge in [0, 0.05) is 0 Å². The third-order valence-electron chi connectivity index (χ3n) is 2.76. The summed E-state index contributed by atoms with van der Waals surface area (Å²) < 4.78 is 5.42. The normalized spacial score (nSPS) is 10.7. The first kappa shape index (κ1) is 13.6. The largest absolute Gasteiger partial charge is 0.490 e. The predicted octanol–water partition coefficient (Wildman–Crippen LogP) is 4.32. The van der Waals surface area contributed by atoms with Gasteiger partial charge in [-0.25, -0.2) is 0 Å². The van der Waals surface area contributed by atoms with Crippen LogP contribution in [0.25, 0.3) is 11.6 Å². The Balaban J connectivity index is 2.21. The van der Waals surface area contributed by atoms with E-state index in [0.29, 0.717) is 12.2 Å². The van der Waals surface area contributed by atoms with Crippen molar-refractivity contribution in [1.82, 2.24) is 0 Å². The van der Waals surface area contributed by atoms with Crippen molar-refractivity contribution in [3.8, 4) is 11.8 Å². The molecule has 2 heteroatoms. The summed E-state index contributed by atoms with van der Waals surface area (Å²) in [5, 5.41) is 9.26. The van der Waals surface area contributed by atoms with Gasteiger partial charge in [0.2, 0.25) is 0 Å². The molecule has 98 valence electrons. The van der Waals surface area contributed by atoms with Crippen LogP contribution in [-0.2, 0) is 0 Å². The second kappa shape index (κ2) is 6.96. The summed E-state index contributed by atoms with van der Waals surface area (Å²) in [6, 6.07) is 19.5. The maximum absolute atomic E-state index is 9.26. The van der Waals surface area contributed by atoms with Gasteiger partial charge in [-0.2, -0.15) is 5.26 Å². The quantitative estimate of drug-likeness (QED) is 0.456. The van der Waals surface area contributed by atoms with Crippen LogP contribution >= 0.6 is 0 Å². The van der Waals surface area contributed by atoms with E-state index in [-0.39, 0.29) is 0 Å². The average molecular weight is 261 g/mol. The highest BCUT2D eigenvalue weighted by molar-refractivity contribution is 5.89. The predicted molar refractivity (Wildman–Crippen MR) is 82.1 cm³/mol. The van der Waals surface area contributed by atoms with Crippen molar-refractivity contribution in [1.29, 1.82) is 5.26 Å². The van der Waals surface area contributed by atoms with E-state index in [9.17, 15) is 5.26 Å². The minimum Gasteiger partial charge on any atom is -0.490 e. The second-order valence-corrected chi connectivity index (χ2v) is 4.20. The van der Waals surface area contributed by atoms with Crippen LogP contribution in [0.5, 0.6) is 5.75 Å². The summed E-state index contributed by atoms with van der Waals surface area (Å²) in [4.78, 5) is 0. The van der Waals surface area contributed by atoms with E-state index in [4.69, 9.17) is 4.74 Å². The minimum atomic E-state index is 0.489. The molecule has 0 saturated carbocycles. The molecule has 0 amide bonds. The van der Waals surface area contributed by atoms with Gasteiger partial charge in [0.05, 0.1) is 11.6 Å². The zero-order valence-electron chi connectivity index (χ0n) is 11.1. The Bertz CT molecular complexity index is 633. The van der Waals surface area contributed by atoms with Crippen molar-refractivity contribution in [2.45, 2.75) is 0 Å². The Hall–Kier alpha value is -2.79. The monoisotopic (exact) mass is 261 g/mol. The van der Waals surface area contributed by atoms with Crippen LogP contribution in [0.3, 0.4) is 0 Å². The number of rotatable bonds is 5. The van der Waals surface area contributed by atoms with E-state index < -0.39 is 0 Å². The van der Waals surface area contributed by atoms with Gasteiger partial charge in [-0.3, -0.25) is 0 Å². The molecule has 0 atom stereocenters. The molecule has 0 radical (unpaired) electrons. The van der Waals surface area contributed by atoms with Crippen molar-refractivity contribution >= 4 is 11.6 Å². The number of hydrogen-bond acceptors (Lipinski definition) is 2. The first-order valence-electron chi connectivity index (χ1n) is 6.34. The number of nitriles is 1. The van der Waals surface area contributed by atoms with Gasteiger partial charge >= 0.3 is 0 Å². The van der Waals surface area contributed by atoms with E-state index in [0.717, 1.165) is 16.9 Å². The van der Waals surface area contributed by atoms with Crippen molar-refractivity contribution < 1.29 is 4.74 Å². The molecule has 0 aromatic heterocycles. The van der Waals surface area contributed by atoms with Crippen LogP contribution in [-0.4, -0.2) is 6.61 Å². The molecule has 2 rings (SSSR count). The van der Waals surface area contributed by atoms with Gasteiger partial charge in [0.15, 0.2) is 0 Å². The van der Waals surface area contributed by atoms with Crippen LogP contribution in [0.1, 0.15) is 11.1 Å². The van der Waals surface area contributed by atoms with Crippen LogP contribution in [0.15, 0.2) is 67.3 Å². The zero-order chi connectivity index (χ0) is 14.2. The Morgan fingerprint density at radius 1 is 1.10 bits per heavy atom. The highest BCUT2D eigenvalue weighted by Crippen LogP contribution is 2.19. The minimum absolute atomic E-state index is 0.489. The van der Waals surface area contributed by atoms with Gasteiger partial charge in [-0.05, 0) is 29.3 Å². The summed E-state index contributed by atoms with van der Waals surface area (Å²) in [7, 11) is 0. The number of nitrogens with zero attached hydrogens (tertiary/aromatic N) is 1. The topological polar surface area (TPSA) is 33.0 Å². The third-order valence-corrected chi connectivity index (χ3v) is 2.76. The van der Waals surface area contributed by atoms with Gasteiger partial charge < -0.3 is 4.74 Å². The lowest BCUT2D eigenvalue weighted by Crippen LogP contribution is -1.92. The fraction of sp³-hybridized carbons (Fsp3) is 0.0556. The van der Waals surface area contributed by atoms with Gasteiger partial charge in [0.1, 0.15) is 12.4 Å². The lowest BCUT2D eigenvalue weighted by atomic mass is 10.0. The first-order valence-corrected chi connectivity index (χ1v) is 6.34. The lowest BCUT2D eigenvalue weighted by molar-refractivity contribution is 0.363. The van der Waals surface area contributed by atoms with Gasteiger partial charge in [-0.1, -0.05) is 55.1 Å². The number of benzene rings is 2. The summed E-state index contributed by atoms with van der Waals surface area (Å²) in [6.07, 6.45) is 3.57. The number of hydrogen-bond donors (Lipinski definition) is 0. The Morgan fingerprint density at radius 3 is 2.40 bits per heavy atom. The van der Waals surface area contributed by atoms with Crippen molar-refractivity contribution in [3.05, 3.63) is 78.4 Å². The molecular formula is C18H15NO. The first-order chi connectivity index (χ1) is 9.83. The zero-order valence-corrected chi connectivity index (χ0v) is 11.1. The summed E-state index contributed by atoms with van der Waals surface area (Å²) in [6.45, 7) is 4.10. The smallest absolute Gasteiger partial charge is 0.119 e. The maximum atomic E-state index is 9.26. The molecule has 20 heavy (non-hydrogen) atoms. The lowest BCUT2D eigenvalue weighted by Gasteiger charge is -2.03. The summed E-state index contributed by atoms with van der Waals surface area (Å²) in [5.41, 5.74) is 2.53. The van der Waals surface area contributed by atoms with Gasteiger partial charge in [-0.15, -0.1) is 0 Å². The Labute approximate surface area is 119 Å². The van der Waals surface area contributed by atoms with E-state index >= 15 is 0 Å². The maximum Gasteiger partial charge on any atom is 0.119 e. The third kappa shape index (κ3) is 3.60. The molecule has 2 aromatic carbocycles. The highest BCUT2D eigenvalue weighted by Gasteiger charge is 2.00. The molecule has 2 aromatic rings. The van der Waals surface area contributed by atoms with E-state index in [1.165, 1.54) is 0 Å². The number of allylic oxidation sites excluding steroid dienone is 1. The van der Waals surface area contributed by atoms with Gasteiger partial charge in [0.25, 0.3) is 0 Å². The SMILES string of the molecule is C=CCOc1ccc(/C=C(\C#N)c2ccccc2)cc1. The molecule has 0 spiro atoms. The molecule has 0 aliphatic rings. The molecule has 0 N–H and O–H groups in total. The fourth-order valence-corrected chi connectivity index (χ4v) is 1.78. The fourth-order valence-electron chi connectivity index (χ4n) is 1.78. The standard InChI is InChI=1S/C18H15NO/c1-2-12-20-18-10-8-15(9-11-18)13-17(14-19)16-6-4-3-5-7-16/h2-11,13H,1,12H2/b17-13+. The van der Waals surface area contributed by atoms with Crippen LogP contribution in [0.4, 0.5) is 0 Å². The molecule has 2 nitrogen and oxygen atoms in total. The number of ether oxygens (including phenoxy) is 1. The van der Waals surface area contributed by atoms with Crippen molar-refractivity contribution in [2.75, 3.05) is 6.61 Å². The second-order valence-electron chi connectivity index (χ2n) is 4.20. The van der Waals surface area contributed by atoms with E-state index in [1.54, 1.807) is 6.08 Å². The summed E-state index contributed by atoms with van der Waals surface area (Å²) in [5.74, 6) is 0.792. The van der Waals surface area contributed by atoms with Crippen LogP contribution in [0, 0.1) is 11.3 Å². The summed E-state index contributed by atoms with van der Waals surface area (Å²) >= 11 is 0. The van der Waals surface area contributed by atoms with Crippen molar-refractivity contribution in [3.63, 3.8) is 0 Å². The molecule has 0 saturated heterocycles. The van der Waals surface area contributed by atoms with Crippen molar-refractivity contribution in [2.24, 2.45) is 0 Å². The highest BCUT2D eigenvalue weighted by atomic mass is 16.5. The molecule has 0 aliphatic heterocycles. The van der Waals surface area contributed by atoms with Crippen LogP contribution < -0.4 is 4.74 Å². The average Bonchev–Trinajstić information content (AvgIpc) is 2.52. The Kier molecular flexibility index (Phi) is 4.75. The molecule has 0 heterocycles. The van der Waals surface area contributed by atoms with Crippen LogP contribution in [0.2, 0.25) is 0 Å².